The van der Waals surface area contributed by atoms with E-state index in [-0.39, 0.29) is 0 Å². The van der Waals surface area contributed by atoms with E-state index in [0.717, 1.165) is 50.5 Å². The molecule has 2 fully saturated rings. The molecule has 0 bridgehead atoms. The van der Waals surface area contributed by atoms with Gasteiger partial charge >= 0.3 is 0 Å². The summed E-state index contributed by atoms with van der Waals surface area (Å²) in [5.74, 6) is 0. The van der Waals surface area contributed by atoms with Crippen molar-refractivity contribution in [3.63, 3.8) is 0 Å². The zero-order valence-corrected chi connectivity index (χ0v) is 16.9. The van der Waals surface area contributed by atoms with E-state index in [1.165, 1.54) is 5.56 Å². The van der Waals surface area contributed by atoms with Crippen LogP contribution in [0.1, 0.15) is 25.3 Å². The summed E-state index contributed by atoms with van der Waals surface area (Å²) in [6, 6.07) is 9.76. The molecule has 0 radical (unpaired) electrons. The number of aliphatic hydroxyl groups excluding tert-OH is 1. The van der Waals surface area contributed by atoms with Gasteiger partial charge in [-0.05, 0) is 43.9 Å². The molecule has 27 heavy (non-hydrogen) atoms. The Morgan fingerprint density at radius 1 is 1.33 bits per heavy atom. The summed E-state index contributed by atoms with van der Waals surface area (Å²) in [6.45, 7) is 10.1. The highest BCUT2D eigenvalue weighted by molar-refractivity contribution is 6.30. The van der Waals surface area contributed by atoms with E-state index in [0.29, 0.717) is 24.7 Å². The van der Waals surface area contributed by atoms with E-state index < -0.39 is 6.41 Å². The van der Waals surface area contributed by atoms with Crippen molar-refractivity contribution in [1.29, 1.82) is 0 Å². The van der Waals surface area contributed by atoms with E-state index in [4.69, 9.17) is 16.3 Å². The monoisotopic (exact) mass is 393 g/mol. The van der Waals surface area contributed by atoms with Crippen LogP contribution in [0.4, 0.5) is 0 Å². The van der Waals surface area contributed by atoms with Crippen molar-refractivity contribution in [2.75, 3.05) is 32.8 Å². The molecule has 2 aliphatic rings. The summed E-state index contributed by atoms with van der Waals surface area (Å²) in [7, 11) is 0. The number of nitrogens with zero attached hydrogens (tertiary/aromatic N) is 2. The number of nitrogens with one attached hydrogen (secondary N) is 1. The molecule has 2 aliphatic heterocycles. The third kappa shape index (κ3) is 5.76. The molecule has 3 atom stereocenters. The highest BCUT2D eigenvalue weighted by Gasteiger charge is 2.34. The predicted octanol–water partition coefficient (Wildman–Crippen LogP) is 2.49. The summed E-state index contributed by atoms with van der Waals surface area (Å²) in [4.78, 5) is 4.70. The Balaban J connectivity index is 1.58. The Labute approximate surface area is 167 Å². The van der Waals surface area contributed by atoms with Gasteiger partial charge in [0.25, 0.3) is 0 Å². The first-order valence-electron chi connectivity index (χ1n) is 9.95. The van der Waals surface area contributed by atoms with Crippen molar-refractivity contribution in [3.8, 4) is 0 Å². The van der Waals surface area contributed by atoms with Gasteiger partial charge in [0.05, 0.1) is 6.61 Å². The highest BCUT2D eigenvalue weighted by atomic mass is 35.5. The first kappa shape index (κ1) is 20.8. The molecule has 0 spiro atoms. The number of hydrogen-bond acceptors (Lipinski definition) is 5. The maximum Gasteiger partial charge on any atom is 0.216 e. The molecule has 1 aromatic carbocycles. The van der Waals surface area contributed by atoms with Crippen LogP contribution in [0.5, 0.6) is 0 Å². The lowest BCUT2D eigenvalue weighted by atomic mass is 9.95. The second-order valence-corrected chi connectivity index (χ2v) is 8.14. The second-order valence-electron chi connectivity index (χ2n) is 7.71. The summed E-state index contributed by atoms with van der Waals surface area (Å²) in [6.07, 6.45) is 3.98. The minimum Gasteiger partial charge on any atom is -0.356 e. The number of piperidine rings is 1. The van der Waals surface area contributed by atoms with Crippen molar-refractivity contribution >= 4 is 11.6 Å². The molecule has 1 unspecified atom stereocenters. The van der Waals surface area contributed by atoms with E-state index >= 15 is 0 Å². The molecule has 1 aromatic rings. The van der Waals surface area contributed by atoms with Crippen LogP contribution in [-0.2, 0) is 11.2 Å². The molecule has 2 N–H and O–H groups in total. The average Bonchev–Trinajstić information content (AvgIpc) is 2.69. The van der Waals surface area contributed by atoms with Gasteiger partial charge in [-0.3, -0.25) is 9.80 Å². The molecule has 2 saturated heterocycles. The van der Waals surface area contributed by atoms with Gasteiger partial charge in [0.2, 0.25) is 6.41 Å². The maximum atomic E-state index is 10.1. The van der Waals surface area contributed by atoms with Crippen LogP contribution in [-0.4, -0.2) is 72.2 Å². The van der Waals surface area contributed by atoms with Crippen LogP contribution >= 0.6 is 11.6 Å². The first-order chi connectivity index (χ1) is 13.1. The number of halogens is 1. The summed E-state index contributed by atoms with van der Waals surface area (Å²) in [5.41, 5.74) is 1.33. The van der Waals surface area contributed by atoms with Crippen molar-refractivity contribution in [2.24, 2.45) is 0 Å². The number of piperazine rings is 1. The standard InChI is InChI=1S/C21H32ClN3O2/c1-3-12-27-21(26)24-10-8-19(9-11-24)25-15-16(2)23-14-20(25)13-17-4-6-18(22)7-5-17/h3-7,16,19-21,23,26H,1,8-15H2,2H3/t16-,20-,21?/m0/s1. The van der Waals surface area contributed by atoms with E-state index in [2.05, 4.69) is 35.9 Å². The van der Waals surface area contributed by atoms with Crippen LogP contribution in [0, 0.1) is 0 Å². The van der Waals surface area contributed by atoms with E-state index in [1.807, 2.05) is 17.0 Å². The number of benzene rings is 1. The Kier molecular flexibility index (Phi) is 7.70. The third-order valence-corrected chi connectivity index (χ3v) is 5.94. The molecule has 0 saturated carbocycles. The summed E-state index contributed by atoms with van der Waals surface area (Å²) in [5, 5.41) is 14.6. The molecule has 0 aromatic heterocycles. The van der Waals surface area contributed by atoms with Gasteiger partial charge in [0.15, 0.2) is 0 Å². The minimum atomic E-state index is -0.823. The van der Waals surface area contributed by atoms with Gasteiger partial charge in [-0.2, -0.15) is 0 Å². The third-order valence-electron chi connectivity index (χ3n) is 5.68. The lowest BCUT2D eigenvalue weighted by Gasteiger charge is -2.47. The fourth-order valence-corrected chi connectivity index (χ4v) is 4.34. The summed E-state index contributed by atoms with van der Waals surface area (Å²) >= 11 is 6.03. The number of hydrogen-bond donors (Lipinski definition) is 2. The normalized spacial score (nSPS) is 26.8. The Hall–Kier alpha value is -0.950. The Morgan fingerprint density at radius 2 is 2.04 bits per heavy atom. The molecule has 6 heteroatoms. The zero-order chi connectivity index (χ0) is 19.2. The van der Waals surface area contributed by atoms with Gasteiger partial charge < -0.3 is 15.2 Å². The predicted molar refractivity (Wildman–Crippen MR) is 110 cm³/mol. The van der Waals surface area contributed by atoms with Crippen molar-refractivity contribution in [1.82, 2.24) is 15.1 Å². The lowest BCUT2D eigenvalue weighted by molar-refractivity contribution is -0.194. The number of ether oxygens (including phenoxy) is 1. The van der Waals surface area contributed by atoms with Gasteiger partial charge in [-0.25, -0.2) is 0 Å². The summed E-state index contributed by atoms with van der Waals surface area (Å²) < 4.78 is 5.37. The molecule has 5 nitrogen and oxygen atoms in total. The largest absolute Gasteiger partial charge is 0.356 e. The van der Waals surface area contributed by atoms with Crippen LogP contribution in [0.2, 0.25) is 5.02 Å². The van der Waals surface area contributed by atoms with Gasteiger partial charge in [-0.15, -0.1) is 6.58 Å². The van der Waals surface area contributed by atoms with Gasteiger partial charge in [-0.1, -0.05) is 29.8 Å². The van der Waals surface area contributed by atoms with Crippen LogP contribution < -0.4 is 5.32 Å². The fourth-order valence-electron chi connectivity index (χ4n) is 4.21. The SMILES string of the molecule is C=CCOC(O)N1CCC(N2C[C@H](C)NC[C@@H]2Cc2ccc(Cl)cc2)CC1. The number of rotatable bonds is 7. The van der Waals surface area contributed by atoms with Gasteiger partial charge in [0, 0.05) is 49.3 Å². The Morgan fingerprint density at radius 3 is 2.70 bits per heavy atom. The van der Waals surface area contributed by atoms with Crippen LogP contribution in [0.15, 0.2) is 36.9 Å². The van der Waals surface area contributed by atoms with Crippen molar-refractivity contribution in [2.45, 2.75) is 50.7 Å². The molecule has 150 valence electrons. The molecule has 3 rings (SSSR count). The fraction of sp³-hybridized carbons (Fsp3) is 0.619. The van der Waals surface area contributed by atoms with Gasteiger partial charge in [0.1, 0.15) is 0 Å². The second kappa shape index (κ2) is 10.0. The van der Waals surface area contributed by atoms with Crippen molar-refractivity contribution in [3.05, 3.63) is 47.5 Å². The van der Waals surface area contributed by atoms with E-state index in [9.17, 15) is 5.11 Å². The average molecular weight is 394 g/mol. The van der Waals surface area contributed by atoms with Crippen LogP contribution in [0.3, 0.4) is 0 Å². The molecular formula is C21H32ClN3O2. The minimum absolute atomic E-state index is 0.375. The van der Waals surface area contributed by atoms with E-state index in [1.54, 1.807) is 6.08 Å². The zero-order valence-electron chi connectivity index (χ0n) is 16.2. The first-order valence-corrected chi connectivity index (χ1v) is 10.3. The molecular weight excluding hydrogens is 362 g/mol. The molecule has 0 aliphatic carbocycles. The van der Waals surface area contributed by atoms with Crippen molar-refractivity contribution < 1.29 is 9.84 Å². The lowest BCUT2D eigenvalue weighted by Crippen LogP contribution is -2.61. The Bertz CT molecular complexity index is 590. The quantitative estimate of drug-likeness (QED) is 0.550. The molecule has 0 amide bonds. The molecule has 2 heterocycles. The maximum absolute atomic E-state index is 10.1. The smallest absolute Gasteiger partial charge is 0.216 e. The topological polar surface area (TPSA) is 48.0 Å². The number of likely N-dealkylation sites (tertiary alicyclic amines) is 1. The highest BCUT2D eigenvalue weighted by Crippen LogP contribution is 2.24. The number of aliphatic hydroxyl groups is 1. The van der Waals surface area contributed by atoms with Crippen LogP contribution in [0.25, 0.3) is 0 Å².